The summed E-state index contributed by atoms with van der Waals surface area (Å²) in [6, 6.07) is 2.10. The second-order valence-corrected chi connectivity index (χ2v) is 8.03. The summed E-state index contributed by atoms with van der Waals surface area (Å²) < 4.78 is 0. The molecule has 120 valence electrons. The molecule has 1 aromatic heterocycles. The zero-order chi connectivity index (χ0) is 15.5. The third kappa shape index (κ3) is 3.60. The van der Waals surface area contributed by atoms with Crippen molar-refractivity contribution in [3.05, 3.63) is 21.4 Å². The van der Waals surface area contributed by atoms with E-state index in [9.17, 15) is 4.79 Å². The summed E-state index contributed by atoms with van der Waals surface area (Å²) in [4.78, 5) is 14.6. The van der Waals surface area contributed by atoms with Gasteiger partial charge in [0.2, 0.25) is 0 Å². The van der Waals surface area contributed by atoms with Crippen molar-refractivity contribution in [3.8, 4) is 0 Å². The molecule has 4 heteroatoms. The first kappa shape index (κ1) is 15.7. The maximum absolute atomic E-state index is 12.3. The van der Waals surface area contributed by atoms with Crippen molar-refractivity contribution in [3.63, 3.8) is 0 Å². The standard InChI is InChI=1S/C18H26N2OS/c1-3-13-7-8-16-14(10-13)11-17(22-16)18(21)20-19-15-6-4-5-12(2)9-15/h11-13H,3-10H2,1-2H3,(H,20,21)/b19-15-/t12-,13-/m1/s1. The van der Waals surface area contributed by atoms with Crippen LogP contribution in [0, 0.1) is 11.8 Å². The third-order valence-corrected chi connectivity index (χ3v) is 6.28. The lowest BCUT2D eigenvalue weighted by Gasteiger charge is -2.19. The number of thiophene rings is 1. The zero-order valence-electron chi connectivity index (χ0n) is 13.7. The summed E-state index contributed by atoms with van der Waals surface area (Å²) in [6.45, 7) is 4.52. The van der Waals surface area contributed by atoms with Crippen LogP contribution in [0.15, 0.2) is 11.2 Å². The molecule has 0 radical (unpaired) electrons. The number of hydrogen-bond acceptors (Lipinski definition) is 3. The Balaban J connectivity index is 1.63. The van der Waals surface area contributed by atoms with Crippen LogP contribution in [0.1, 0.15) is 72.5 Å². The molecule has 2 aliphatic rings. The van der Waals surface area contributed by atoms with E-state index in [0.717, 1.165) is 42.2 Å². The molecule has 0 aliphatic heterocycles. The normalized spacial score (nSPS) is 26.7. The fourth-order valence-corrected chi connectivity index (χ4v) is 4.71. The van der Waals surface area contributed by atoms with Crippen molar-refractivity contribution < 1.29 is 4.79 Å². The average Bonchev–Trinajstić information content (AvgIpc) is 2.95. The molecule has 3 rings (SSSR count). The van der Waals surface area contributed by atoms with Gasteiger partial charge in [0.05, 0.1) is 4.88 Å². The topological polar surface area (TPSA) is 41.5 Å². The van der Waals surface area contributed by atoms with E-state index in [-0.39, 0.29) is 5.91 Å². The summed E-state index contributed by atoms with van der Waals surface area (Å²) in [5.41, 5.74) is 5.33. The number of aryl methyl sites for hydroxylation is 1. The van der Waals surface area contributed by atoms with Gasteiger partial charge in [0, 0.05) is 10.6 Å². The molecule has 2 aliphatic carbocycles. The molecule has 1 amide bonds. The third-order valence-electron chi connectivity index (χ3n) is 5.05. The van der Waals surface area contributed by atoms with Crippen molar-refractivity contribution in [1.82, 2.24) is 5.43 Å². The lowest BCUT2D eigenvalue weighted by Crippen LogP contribution is -2.21. The van der Waals surface area contributed by atoms with Crippen molar-refractivity contribution >= 4 is 23.0 Å². The maximum Gasteiger partial charge on any atom is 0.281 e. The Labute approximate surface area is 137 Å². The molecular formula is C18H26N2OS. The number of hydrazone groups is 1. The van der Waals surface area contributed by atoms with E-state index in [2.05, 4.69) is 30.4 Å². The van der Waals surface area contributed by atoms with Crippen molar-refractivity contribution in [1.29, 1.82) is 0 Å². The largest absolute Gasteiger partial charge is 0.281 e. The first-order valence-corrected chi connectivity index (χ1v) is 9.44. The number of rotatable bonds is 3. The molecule has 0 spiro atoms. The highest BCUT2D eigenvalue weighted by Crippen LogP contribution is 2.33. The summed E-state index contributed by atoms with van der Waals surface area (Å²) >= 11 is 1.66. The van der Waals surface area contributed by atoms with Crippen LogP contribution in [0.25, 0.3) is 0 Å². The first-order valence-electron chi connectivity index (χ1n) is 8.63. The summed E-state index contributed by atoms with van der Waals surface area (Å²) in [7, 11) is 0. The number of amides is 1. The second kappa shape index (κ2) is 6.95. The van der Waals surface area contributed by atoms with Crippen LogP contribution in [-0.2, 0) is 12.8 Å². The maximum atomic E-state index is 12.3. The Morgan fingerprint density at radius 3 is 3.00 bits per heavy atom. The number of hydrogen-bond donors (Lipinski definition) is 1. The van der Waals surface area contributed by atoms with Gasteiger partial charge in [-0.05, 0) is 68.4 Å². The van der Waals surface area contributed by atoms with Crippen LogP contribution in [0.2, 0.25) is 0 Å². The van der Waals surface area contributed by atoms with Crippen LogP contribution in [0.4, 0.5) is 0 Å². The number of carbonyl (C=O) groups is 1. The number of nitrogens with zero attached hydrogens (tertiary/aromatic N) is 1. The number of fused-ring (bicyclic) bond motifs is 1. The SMILES string of the molecule is CC[C@@H]1CCc2sc(C(=O)N/N=C3/CCC[C@@H](C)C3)cc2C1. The molecule has 0 unspecified atom stereocenters. The highest BCUT2D eigenvalue weighted by molar-refractivity contribution is 7.14. The minimum atomic E-state index is -0.0295. The van der Waals surface area contributed by atoms with E-state index in [1.165, 1.54) is 36.1 Å². The zero-order valence-corrected chi connectivity index (χ0v) is 14.5. The van der Waals surface area contributed by atoms with E-state index < -0.39 is 0 Å². The van der Waals surface area contributed by atoms with Gasteiger partial charge in [-0.15, -0.1) is 11.3 Å². The van der Waals surface area contributed by atoms with Gasteiger partial charge >= 0.3 is 0 Å². The van der Waals surface area contributed by atoms with E-state index in [0.29, 0.717) is 5.92 Å². The van der Waals surface area contributed by atoms with Gasteiger partial charge in [-0.3, -0.25) is 4.79 Å². The quantitative estimate of drug-likeness (QED) is 0.816. The van der Waals surface area contributed by atoms with Gasteiger partial charge in [-0.1, -0.05) is 20.3 Å². The Kier molecular flexibility index (Phi) is 4.97. The molecule has 1 saturated carbocycles. The smallest absolute Gasteiger partial charge is 0.266 e. The molecule has 22 heavy (non-hydrogen) atoms. The van der Waals surface area contributed by atoms with Crippen molar-refractivity contribution in [2.45, 2.75) is 65.2 Å². The van der Waals surface area contributed by atoms with Gasteiger partial charge in [0.1, 0.15) is 0 Å². The summed E-state index contributed by atoms with van der Waals surface area (Å²) in [5, 5.41) is 4.37. The van der Waals surface area contributed by atoms with E-state index in [1.807, 2.05) is 0 Å². The van der Waals surface area contributed by atoms with Crippen molar-refractivity contribution in [2.75, 3.05) is 0 Å². The Morgan fingerprint density at radius 1 is 1.36 bits per heavy atom. The van der Waals surface area contributed by atoms with E-state index in [4.69, 9.17) is 0 Å². The second-order valence-electron chi connectivity index (χ2n) is 6.90. The number of nitrogens with one attached hydrogen (secondary N) is 1. The van der Waals surface area contributed by atoms with Crippen LogP contribution in [0.3, 0.4) is 0 Å². The summed E-state index contributed by atoms with van der Waals surface area (Å²) in [5.74, 6) is 1.46. The lowest BCUT2D eigenvalue weighted by molar-refractivity contribution is 0.0958. The molecule has 1 fully saturated rings. The minimum Gasteiger partial charge on any atom is -0.266 e. The van der Waals surface area contributed by atoms with Gasteiger partial charge in [-0.25, -0.2) is 5.43 Å². The Morgan fingerprint density at radius 2 is 2.23 bits per heavy atom. The van der Waals surface area contributed by atoms with Crippen LogP contribution in [0.5, 0.6) is 0 Å². The van der Waals surface area contributed by atoms with Gasteiger partial charge in [0.25, 0.3) is 5.91 Å². The highest BCUT2D eigenvalue weighted by atomic mass is 32.1. The molecule has 3 nitrogen and oxygen atoms in total. The highest BCUT2D eigenvalue weighted by Gasteiger charge is 2.22. The van der Waals surface area contributed by atoms with Crippen molar-refractivity contribution in [2.24, 2.45) is 16.9 Å². The van der Waals surface area contributed by atoms with Crippen LogP contribution >= 0.6 is 11.3 Å². The lowest BCUT2D eigenvalue weighted by atomic mass is 9.87. The molecule has 0 bridgehead atoms. The fraction of sp³-hybridized carbons (Fsp3) is 0.667. The molecule has 0 aromatic carbocycles. The average molecular weight is 318 g/mol. The molecular weight excluding hydrogens is 292 g/mol. The van der Waals surface area contributed by atoms with Gasteiger partial charge in [0.15, 0.2) is 0 Å². The molecule has 1 aromatic rings. The number of carbonyl (C=O) groups excluding carboxylic acids is 1. The molecule has 2 atom stereocenters. The first-order chi connectivity index (χ1) is 10.7. The predicted molar refractivity (Wildman–Crippen MR) is 92.7 cm³/mol. The van der Waals surface area contributed by atoms with E-state index in [1.54, 1.807) is 11.3 Å². The van der Waals surface area contributed by atoms with Gasteiger partial charge in [-0.2, -0.15) is 5.10 Å². The van der Waals surface area contributed by atoms with E-state index >= 15 is 0 Å². The summed E-state index contributed by atoms with van der Waals surface area (Å²) in [6.07, 6.45) is 9.32. The minimum absolute atomic E-state index is 0.0295. The monoisotopic (exact) mass is 318 g/mol. The molecule has 0 saturated heterocycles. The van der Waals surface area contributed by atoms with Gasteiger partial charge < -0.3 is 0 Å². The van der Waals surface area contributed by atoms with Crippen LogP contribution in [-0.4, -0.2) is 11.6 Å². The Hall–Kier alpha value is -1.16. The molecule has 1 N–H and O–H groups in total. The fourth-order valence-electron chi connectivity index (χ4n) is 3.61. The Bertz CT molecular complexity index is 576. The predicted octanol–water partition coefficient (Wildman–Crippen LogP) is 4.56. The molecule has 1 heterocycles. The van der Waals surface area contributed by atoms with Crippen LogP contribution < -0.4 is 5.43 Å².